The number of hydrogen-bond acceptors (Lipinski definition) is 4. The minimum absolute atomic E-state index is 0.127. The molecule has 3 rings (SSSR count). The second-order valence-corrected chi connectivity index (χ2v) is 8.08. The first-order valence-corrected chi connectivity index (χ1v) is 9.41. The molecule has 23 heavy (non-hydrogen) atoms. The summed E-state index contributed by atoms with van der Waals surface area (Å²) in [5, 5.41) is 2.95. The molecular formula is C16H22N2O4S. The van der Waals surface area contributed by atoms with Gasteiger partial charge in [0.15, 0.2) is 0 Å². The van der Waals surface area contributed by atoms with Gasteiger partial charge in [0, 0.05) is 24.7 Å². The van der Waals surface area contributed by atoms with Gasteiger partial charge in [0.05, 0.1) is 18.1 Å². The Hall–Kier alpha value is -1.44. The summed E-state index contributed by atoms with van der Waals surface area (Å²) in [4.78, 5) is 12.5. The molecule has 2 aliphatic rings. The SMILES string of the molecule is C[C@H](NC(=O)c1cccc(S(=O)(=O)N2CCOCC2)c1)C1CC1. The summed E-state index contributed by atoms with van der Waals surface area (Å²) in [6.45, 7) is 3.48. The van der Waals surface area contributed by atoms with Gasteiger partial charge in [0.2, 0.25) is 10.0 Å². The summed E-state index contributed by atoms with van der Waals surface area (Å²) >= 11 is 0. The average molecular weight is 338 g/mol. The van der Waals surface area contributed by atoms with E-state index in [2.05, 4.69) is 5.32 Å². The lowest BCUT2D eigenvalue weighted by atomic mass is 10.1. The van der Waals surface area contributed by atoms with Crippen LogP contribution in [-0.2, 0) is 14.8 Å². The van der Waals surface area contributed by atoms with Crippen LogP contribution >= 0.6 is 0 Å². The molecule has 1 saturated heterocycles. The van der Waals surface area contributed by atoms with Crippen LogP contribution in [0, 0.1) is 5.92 Å². The van der Waals surface area contributed by atoms with Crippen molar-refractivity contribution in [2.24, 2.45) is 5.92 Å². The molecule has 0 spiro atoms. The molecule has 126 valence electrons. The number of sulfonamides is 1. The summed E-state index contributed by atoms with van der Waals surface area (Å²) in [7, 11) is -3.58. The van der Waals surface area contributed by atoms with Crippen molar-refractivity contribution in [3.8, 4) is 0 Å². The van der Waals surface area contributed by atoms with Crippen molar-refractivity contribution in [3.63, 3.8) is 0 Å². The lowest BCUT2D eigenvalue weighted by molar-refractivity contribution is 0.0730. The molecule has 1 N–H and O–H groups in total. The predicted octanol–water partition coefficient (Wildman–Crippen LogP) is 1.24. The standard InChI is InChI=1S/C16H22N2O4S/c1-12(13-5-6-13)17-16(19)14-3-2-4-15(11-14)23(20,21)18-7-9-22-10-8-18/h2-4,11-13H,5-10H2,1H3,(H,17,19)/t12-/m0/s1. The molecule has 1 atom stereocenters. The number of carbonyl (C=O) groups excluding carboxylic acids is 1. The van der Waals surface area contributed by atoms with E-state index in [1.54, 1.807) is 12.1 Å². The quantitative estimate of drug-likeness (QED) is 0.876. The maximum Gasteiger partial charge on any atom is 0.251 e. The number of carbonyl (C=O) groups is 1. The number of nitrogens with zero attached hydrogens (tertiary/aromatic N) is 1. The third-order valence-corrected chi connectivity index (χ3v) is 6.29. The van der Waals surface area contributed by atoms with Gasteiger partial charge in [0.1, 0.15) is 0 Å². The number of rotatable bonds is 5. The number of amides is 1. The van der Waals surface area contributed by atoms with Gasteiger partial charge in [-0.05, 0) is 43.9 Å². The molecule has 6 nitrogen and oxygen atoms in total. The maximum absolute atomic E-state index is 12.6. The number of ether oxygens (including phenoxy) is 1. The molecule has 1 aromatic carbocycles. The highest BCUT2D eigenvalue weighted by Gasteiger charge is 2.30. The van der Waals surface area contributed by atoms with E-state index in [1.807, 2.05) is 6.92 Å². The number of hydrogen-bond donors (Lipinski definition) is 1. The van der Waals surface area contributed by atoms with E-state index in [9.17, 15) is 13.2 Å². The second kappa shape index (κ2) is 6.59. The van der Waals surface area contributed by atoms with Crippen LogP contribution in [0.15, 0.2) is 29.2 Å². The van der Waals surface area contributed by atoms with Crippen LogP contribution in [0.3, 0.4) is 0 Å². The van der Waals surface area contributed by atoms with Gasteiger partial charge >= 0.3 is 0 Å². The molecule has 1 heterocycles. The van der Waals surface area contributed by atoms with Gasteiger partial charge in [-0.25, -0.2) is 8.42 Å². The zero-order valence-corrected chi connectivity index (χ0v) is 14.0. The highest BCUT2D eigenvalue weighted by molar-refractivity contribution is 7.89. The molecule has 0 aromatic heterocycles. The van der Waals surface area contributed by atoms with Gasteiger partial charge in [-0.15, -0.1) is 0 Å². The summed E-state index contributed by atoms with van der Waals surface area (Å²) in [5.41, 5.74) is 0.381. The number of nitrogens with one attached hydrogen (secondary N) is 1. The number of morpholine rings is 1. The van der Waals surface area contributed by atoms with E-state index in [-0.39, 0.29) is 16.8 Å². The second-order valence-electron chi connectivity index (χ2n) is 6.14. The summed E-state index contributed by atoms with van der Waals surface area (Å²) in [5.74, 6) is 0.336. The number of benzene rings is 1. The van der Waals surface area contributed by atoms with Crippen LogP contribution in [0.2, 0.25) is 0 Å². The monoisotopic (exact) mass is 338 g/mol. The van der Waals surface area contributed by atoms with Crippen LogP contribution < -0.4 is 5.32 Å². The van der Waals surface area contributed by atoms with Gasteiger partial charge in [-0.3, -0.25) is 4.79 Å². The summed E-state index contributed by atoms with van der Waals surface area (Å²) in [6, 6.07) is 6.38. The van der Waals surface area contributed by atoms with Crippen LogP contribution in [0.1, 0.15) is 30.1 Å². The zero-order valence-electron chi connectivity index (χ0n) is 13.2. The molecule has 2 fully saturated rings. The largest absolute Gasteiger partial charge is 0.379 e. The molecule has 7 heteroatoms. The highest BCUT2D eigenvalue weighted by atomic mass is 32.2. The van der Waals surface area contributed by atoms with Crippen molar-refractivity contribution in [2.45, 2.75) is 30.7 Å². The lowest BCUT2D eigenvalue weighted by Gasteiger charge is -2.26. The van der Waals surface area contributed by atoms with E-state index < -0.39 is 10.0 Å². The molecule has 1 aliphatic heterocycles. The molecular weight excluding hydrogens is 316 g/mol. The lowest BCUT2D eigenvalue weighted by Crippen LogP contribution is -2.40. The van der Waals surface area contributed by atoms with E-state index in [1.165, 1.54) is 16.4 Å². The molecule has 1 amide bonds. The smallest absolute Gasteiger partial charge is 0.251 e. The molecule has 0 unspecified atom stereocenters. The van der Waals surface area contributed by atoms with Crippen molar-refractivity contribution < 1.29 is 17.9 Å². The van der Waals surface area contributed by atoms with Crippen molar-refractivity contribution >= 4 is 15.9 Å². The fourth-order valence-corrected chi connectivity index (χ4v) is 4.19. The Bertz CT molecular complexity index is 679. The Morgan fingerprint density at radius 2 is 2.00 bits per heavy atom. The van der Waals surface area contributed by atoms with Crippen molar-refractivity contribution in [1.82, 2.24) is 9.62 Å². The third kappa shape index (κ3) is 3.73. The predicted molar refractivity (Wildman–Crippen MR) is 85.7 cm³/mol. The average Bonchev–Trinajstić information content (AvgIpc) is 3.41. The fourth-order valence-electron chi connectivity index (χ4n) is 2.74. The molecule has 0 radical (unpaired) electrons. The Kier molecular flexibility index (Phi) is 4.70. The van der Waals surface area contributed by atoms with Crippen LogP contribution in [0.25, 0.3) is 0 Å². The van der Waals surface area contributed by atoms with Gasteiger partial charge in [-0.2, -0.15) is 4.31 Å². The molecule has 1 aliphatic carbocycles. The first kappa shape index (κ1) is 16.4. The van der Waals surface area contributed by atoms with Gasteiger partial charge < -0.3 is 10.1 Å². The summed E-state index contributed by atoms with van der Waals surface area (Å²) < 4.78 is 31.9. The highest BCUT2D eigenvalue weighted by Crippen LogP contribution is 2.32. The van der Waals surface area contributed by atoms with Crippen LogP contribution in [0.4, 0.5) is 0 Å². The van der Waals surface area contributed by atoms with Gasteiger partial charge in [0.25, 0.3) is 5.91 Å². The van der Waals surface area contributed by atoms with E-state index >= 15 is 0 Å². The fraction of sp³-hybridized carbons (Fsp3) is 0.562. The molecule has 1 aromatic rings. The first-order chi connectivity index (χ1) is 11.0. The zero-order chi connectivity index (χ0) is 16.4. The van der Waals surface area contributed by atoms with Crippen molar-refractivity contribution in [3.05, 3.63) is 29.8 Å². The summed E-state index contributed by atoms with van der Waals surface area (Å²) in [6.07, 6.45) is 2.29. The Morgan fingerprint density at radius 3 is 2.65 bits per heavy atom. The molecule has 1 saturated carbocycles. The Morgan fingerprint density at radius 1 is 1.30 bits per heavy atom. The van der Waals surface area contributed by atoms with Crippen molar-refractivity contribution in [2.75, 3.05) is 26.3 Å². The van der Waals surface area contributed by atoms with E-state index in [4.69, 9.17) is 4.74 Å². The first-order valence-electron chi connectivity index (χ1n) is 7.97. The topological polar surface area (TPSA) is 75.7 Å². The minimum Gasteiger partial charge on any atom is -0.379 e. The van der Waals surface area contributed by atoms with Crippen LogP contribution in [0.5, 0.6) is 0 Å². The van der Waals surface area contributed by atoms with Gasteiger partial charge in [-0.1, -0.05) is 6.07 Å². The van der Waals surface area contributed by atoms with E-state index in [0.29, 0.717) is 37.8 Å². The Labute approximate surface area is 136 Å². The van der Waals surface area contributed by atoms with E-state index in [0.717, 1.165) is 12.8 Å². The normalized spacial score (nSPS) is 20.9. The minimum atomic E-state index is -3.58. The molecule has 0 bridgehead atoms. The van der Waals surface area contributed by atoms with Crippen molar-refractivity contribution in [1.29, 1.82) is 0 Å². The van der Waals surface area contributed by atoms with Crippen LogP contribution in [-0.4, -0.2) is 51.0 Å². The maximum atomic E-state index is 12.6. The third-order valence-electron chi connectivity index (χ3n) is 4.39. The Balaban J connectivity index is 1.77.